The first-order chi connectivity index (χ1) is 9.10. The van der Waals surface area contributed by atoms with Gasteiger partial charge < -0.3 is 14.5 Å². The standard InChI is InChI=1S/C14H14BrNO3/c1-9-10(7-13(19-9)14(17)18-2)8-16-12-5-3-11(15)4-6-12/h3-7,16H,8H2,1-2H3. The minimum Gasteiger partial charge on any atom is -0.463 e. The molecule has 0 radical (unpaired) electrons. The Balaban J connectivity index is 2.05. The van der Waals surface area contributed by atoms with E-state index in [2.05, 4.69) is 26.0 Å². The molecule has 1 N–H and O–H groups in total. The highest BCUT2D eigenvalue weighted by molar-refractivity contribution is 9.10. The van der Waals surface area contributed by atoms with Gasteiger partial charge in [0.1, 0.15) is 5.76 Å². The summed E-state index contributed by atoms with van der Waals surface area (Å²) in [5, 5.41) is 3.27. The van der Waals surface area contributed by atoms with Crippen molar-refractivity contribution in [2.75, 3.05) is 12.4 Å². The zero-order chi connectivity index (χ0) is 13.8. The second-order valence-electron chi connectivity index (χ2n) is 4.04. The van der Waals surface area contributed by atoms with Gasteiger partial charge in [-0.25, -0.2) is 4.79 Å². The van der Waals surface area contributed by atoms with Gasteiger partial charge in [0.15, 0.2) is 0 Å². The molecule has 0 bridgehead atoms. The minimum atomic E-state index is -0.460. The number of aryl methyl sites for hydroxylation is 1. The van der Waals surface area contributed by atoms with Gasteiger partial charge in [-0.05, 0) is 37.3 Å². The Morgan fingerprint density at radius 3 is 2.68 bits per heavy atom. The Morgan fingerprint density at radius 2 is 2.05 bits per heavy atom. The van der Waals surface area contributed by atoms with Gasteiger partial charge in [-0.1, -0.05) is 15.9 Å². The molecule has 2 rings (SSSR count). The van der Waals surface area contributed by atoms with E-state index in [9.17, 15) is 4.79 Å². The van der Waals surface area contributed by atoms with Gasteiger partial charge in [0.05, 0.1) is 7.11 Å². The number of carbonyl (C=O) groups is 1. The number of benzene rings is 1. The number of esters is 1. The maximum Gasteiger partial charge on any atom is 0.373 e. The SMILES string of the molecule is COC(=O)c1cc(CNc2ccc(Br)cc2)c(C)o1. The number of halogens is 1. The summed E-state index contributed by atoms with van der Waals surface area (Å²) < 4.78 is 11.0. The van der Waals surface area contributed by atoms with Crippen LogP contribution in [0.5, 0.6) is 0 Å². The molecule has 0 aliphatic rings. The largest absolute Gasteiger partial charge is 0.463 e. The topological polar surface area (TPSA) is 51.5 Å². The van der Waals surface area contributed by atoms with Crippen LogP contribution in [-0.2, 0) is 11.3 Å². The minimum absolute atomic E-state index is 0.229. The van der Waals surface area contributed by atoms with Crippen LogP contribution in [0.25, 0.3) is 0 Å². The fraction of sp³-hybridized carbons (Fsp3) is 0.214. The molecule has 0 spiro atoms. The molecule has 2 aromatic rings. The van der Waals surface area contributed by atoms with Crippen molar-refractivity contribution in [3.63, 3.8) is 0 Å². The number of carbonyl (C=O) groups excluding carboxylic acids is 1. The predicted molar refractivity (Wildman–Crippen MR) is 76.3 cm³/mol. The van der Waals surface area contributed by atoms with Crippen molar-refractivity contribution in [1.82, 2.24) is 0 Å². The Labute approximate surface area is 119 Å². The highest BCUT2D eigenvalue weighted by Gasteiger charge is 2.14. The summed E-state index contributed by atoms with van der Waals surface area (Å²) in [6.07, 6.45) is 0. The number of ether oxygens (including phenoxy) is 1. The second kappa shape index (κ2) is 5.93. The average Bonchev–Trinajstić information content (AvgIpc) is 2.79. The van der Waals surface area contributed by atoms with Gasteiger partial charge in [0.2, 0.25) is 5.76 Å². The van der Waals surface area contributed by atoms with Crippen molar-refractivity contribution < 1.29 is 13.9 Å². The zero-order valence-electron chi connectivity index (χ0n) is 10.7. The van der Waals surface area contributed by atoms with E-state index < -0.39 is 5.97 Å². The third-order valence-electron chi connectivity index (χ3n) is 2.73. The molecule has 19 heavy (non-hydrogen) atoms. The summed E-state index contributed by atoms with van der Waals surface area (Å²) in [5.74, 6) is 0.482. The highest BCUT2D eigenvalue weighted by Crippen LogP contribution is 2.18. The first kappa shape index (κ1) is 13.7. The van der Waals surface area contributed by atoms with Gasteiger partial charge in [-0.15, -0.1) is 0 Å². The lowest BCUT2D eigenvalue weighted by molar-refractivity contribution is 0.0563. The Bertz CT molecular complexity index is 575. The van der Waals surface area contributed by atoms with E-state index in [4.69, 9.17) is 4.42 Å². The van der Waals surface area contributed by atoms with Crippen LogP contribution in [0.2, 0.25) is 0 Å². The van der Waals surface area contributed by atoms with Crippen molar-refractivity contribution in [3.8, 4) is 0 Å². The quantitative estimate of drug-likeness (QED) is 0.870. The normalized spacial score (nSPS) is 10.3. The summed E-state index contributed by atoms with van der Waals surface area (Å²) >= 11 is 3.39. The Kier molecular flexibility index (Phi) is 4.27. The van der Waals surface area contributed by atoms with Gasteiger partial charge in [0.25, 0.3) is 0 Å². The van der Waals surface area contributed by atoms with Gasteiger partial charge in [-0.2, -0.15) is 0 Å². The van der Waals surface area contributed by atoms with Crippen LogP contribution in [0.3, 0.4) is 0 Å². The maximum absolute atomic E-state index is 11.3. The second-order valence-corrected chi connectivity index (χ2v) is 4.96. The first-order valence-electron chi connectivity index (χ1n) is 5.77. The third kappa shape index (κ3) is 3.38. The molecule has 0 aliphatic heterocycles. The fourth-order valence-electron chi connectivity index (χ4n) is 1.66. The van der Waals surface area contributed by atoms with E-state index in [1.54, 1.807) is 6.07 Å². The van der Waals surface area contributed by atoms with E-state index in [1.165, 1.54) is 7.11 Å². The lowest BCUT2D eigenvalue weighted by Gasteiger charge is -2.05. The summed E-state index contributed by atoms with van der Waals surface area (Å²) in [6, 6.07) is 9.57. The maximum atomic E-state index is 11.3. The summed E-state index contributed by atoms with van der Waals surface area (Å²) in [4.78, 5) is 11.3. The molecule has 1 aromatic carbocycles. The van der Waals surface area contributed by atoms with Crippen molar-refractivity contribution in [1.29, 1.82) is 0 Å². The molecule has 0 unspecified atom stereocenters. The highest BCUT2D eigenvalue weighted by atomic mass is 79.9. The van der Waals surface area contributed by atoms with Gasteiger partial charge in [0, 0.05) is 22.3 Å². The van der Waals surface area contributed by atoms with Crippen molar-refractivity contribution in [2.45, 2.75) is 13.5 Å². The van der Waals surface area contributed by atoms with E-state index in [-0.39, 0.29) is 5.76 Å². The summed E-state index contributed by atoms with van der Waals surface area (Å²) in [6.45, 7) is 2.42. The van der Waals surface area contributed by atoms with E-state index in [0.717, 1.165) is 15.7 Å². The monoisotopic (exact) mass is 323 g/mol. The van der Waals surface area contributed by atoms with Crippen molar-refractivity contribution >= 4 is 27.6 Å². The molecule has 4 nitrogen and oxygen atoms in total. The van der Waals surface area contributed by atoms with Crippen molar-refractivity contribution in [3.05, 3.63) is 51.9 Å². The Hall–Kier alpha value is -1.75. The summed E-state index contributed by atoms with van der Waals surface area (Å²) in [5.41, 5.74) is 1.94. The molecule has 0 atom stereocenters. The molecule has 0 saturated carbocycles. The molecular formula is C14H14BrNO3. The molecule has 1 aromatic heterocycles. The molecule has 5 heteroatoms. The fourth-order valence-corrected chi connectivity index (χ4v) is 1.93. The number of methoxy groups -OCH3 is 1. The molecule has 0 saturated heterocycles. The van der Waals surface area contributed by atoms with Crippen LogP contribution in [0.15, 0.2) is 39.2 Å². The first-order valence-corrected chi connectivity index (χ1v) is 6.56. The zero-order valence-corrected chi connectivity index (χ0v) is 12.3. The number of hydrogen-bond acceptors (Lipinski definition) is 4. The number of hydrogen-bond donors (Lipinski definition) is 1. The average molecular weight is 324 g/mol. The third-order valence-corrected chi connectivity index (χ3v) is 3.26. The van der Waals surface area contributed by atoms with Crippen LogP contribution in [-0.4, -0.2) is 13.1 Å². The lowest BCUT2D eigenvalue weighted by atomic mass is 10.2. The number of nitrogens with one attached hydrogen (secondary N) is 1. The molecule has 0 aliphatic carbocycles. The number of anilines is 1. The number of furan rings is 1. The van der Waals surface area contributed by atoms with E-state index in [1.807, 2.05) is 31.2 Å². The molecular weight excluding hydrogens is 310 g/mol. The van der Waals surface area contributed by atoms with Gasteiger partial charge >= 0.3 is 5.97 Å². The predicted octanol–water partition coefficient (Wildman–Crippen LogP) is 3.75. The molecule has 100 valence electrons. The smallest absolute Gasteiger partial charge is 0.373 e. The lowest BCUT2D eigenvalue weighted by Crippen LogP contribution is -2.00. The number of rotatable bonds is 4. The molecule has 1 heterocycles. The van der Waals surface area contributed by atoms with Crippen LogP contribution in [0.4, 0.5) is 5.69 Å². The van der Waals surface area contributed by atoms with Crippen LogP contribution in [0, 0.1) is 6.92 Å². The van der Waals surface area contributed by atoms with E-state index in [0.29, 0.717) is 12.3 Å². The Morgan fingerprint density at radius 1 is 1.37 bits per heavy atom. The van der Waals surface area contributed by atoms with Gasteiger partial charge in [-0.3, -0.25) is 0 Å². The molecule has 0 amide bonds. The molecule has 0 fully saturated rings. The van der Waals surface area contributed by atoms with Crippen LogP contribution in [0.1, 0.15) is 21.9 Å². The van der Waals surface area contributed by atoms with E-state index >= 15 is 0 Å². The van der Waals surface area contributed by atoms with Crippen molar-refractivity contribution in [2.24, 2.45) is 0 Å². The summed E-state index contributed by atoms with van der Waals surface area (Å²) in [7, 11) is 1.33. The van der Waals surface area contributed by atoms with Crippen LogP contribution < -0.4 is 5.32 Å². The van der Waals surface area contributed by atoms with Crippen LogP contribution >= 0.6 is 15.9 Å².